The minimum atomic E-state index is -0.431. The Morgan fingerprint density at radius 2 is 2.07 bits per heavy atom. The van der Waals surface area contributed by atoms with Crippen LogP contribution in [0.3, 0.4) is 0 Å². The van der Waals surface area contributed by atoms with E-state index >= 15 is 0 Å². The minimum absolute atomic E-state index is 0.0109. The molecule has 2 aliphatic heterocycles. The number of hydrogen-bond acceptors (Lipinski definition) is 5. The lowest BCUT2D eigenvalue weighted by Crippen LogP contribution is -2.62. The van der Waals surface area contributed by atoms with E-state index in [0.717, 1.165) is 16.3 Å². The molecule has 2 saturated heterocycles. The summed E-state index contributed by atoms with van der Waals surface area (Å²) in [6.07, 6.45) is 0.610. The number of hydrogen-bond donors (Lipinski definition) is 2. The van der Waals surface area contributed by atoms with Gasteiger partial charge in [-0.3, -0.25) is 9.59 Å². The molecule has 3 heterocycles. The Balaban J connectivity index is 1.37. The maximum Gasteiger partial charge on any atom is 0.246 e. The van der Waals surface area contributed by atoms with Gasteiger partial charge in [0.05, 0.1) is 5.69 Å². The molecule has 4 rings (SSSR count). The van der Waals surface area contributed by atoms with Gasteiger partial charge >= 0.3 is 0 Å². The highest BCUT2D eigenvalue weighted by molar-refractivity contribution is 7.09. The average Bonchev–Trinajstić information content (AvgIpc) is 3.31. The van der Waals surface area contributed by atoms with Crippen LogP contribution in [-0.4, -0.2) is 46.4 Å². The van der Waals surface area contributed by atoms with Crippen LogP contribution in [0.4, 0.5) is 4.39 Å². The molecule has 0 bridgehead atoms. The molecule has 0 radical (unpaired) electrons. The highest BCUT2D eigenvalue weighted by Crippen LogP contribution is 2.26. The van der Waals surface area contributed by atoms with Gasteiger partial charge in [0, 0.05) is 30.1 Å². The van der Waals surface area contributed by atoms with Crippen molar-refractivity contribution in [1.29, 1.82) is 0 Å². The Kier molecular flexibility index (Phi) is 5.16. The van der Waals surface area contributed by atoms with Gasteiger partial charge in [-0.1, -0.05) is 13.8 Å². The number of amides is 2. The standard InChI is InChI=1S/C20H23FN4O2S/c1-11(2)18-20(27)25-9-14(7-16(25)19(26)24-18)22-8-17-23-15(10-28-17)12-3-5-13(21)6-4-12/h3-6,10-11,14,16,18,22H,7-9H2,1-2H3,(H,24,26)/t14-,16-,18-/m0/s1. The fraction of sp³-hybridized carbons (Fsp3) is 0.450. The van der Waals surface area contributed by atoms with Crippen LogP contribution in [0, 0.1) is 11.7 Å². The summed E-state index contributed by atoms with van der Waals surface area (Å²) >= 11 is 1.54. The molecule has 2 amide bonds. The van der Waals surface area contributed by atoms with E-state index in [9.17, 15) is 14.0 Å². The van der Waals surface area contributed by atoms with E-state index < -0.39 is 6.04 Å². The average molecular weight is 402 g/mol. The highest BCUT2D eigenvalue weighted by atomic mass is 32.1. The first-order valence-electron chi connectivity index (χ1n) is 9.47. The second kappa shape index (κ2) is 7.60. The molecule has 6 nitrogen and oxygen atoms in total. The number of carbonyl (C=O) groups excluding carboxylic acids is 2. The van der Waals surface area contributed by atoms with Gasteiger partial charge in [0.2, 0.25) is 11.8 Å². The van der Waals surface area contributed by atoms with Gasteiger partial charge in [-0.15, -0.1) is 11.3 Å². The van der Waals surface area contributed by atoms with Crippen molar-refractivity contribution >= 4 is 23.2 Å². The van der Waals surface area contributed by atoms with Crippen molar-refractivity contribution in [2.24, 2.45) is 5.92 Å². The number of aromatic nitrogens is 1. The van der Waals surface area contributed by atoms with Crippen LogP contribution in [0.25, 0.3) is 11.3 Å². The first-order valence-corrected chi connectivity index (χ1v) is 10.3. The second-order valence-electron chi connectivity index (χ2n) is 7.68. The van der Waals surface area contributed by atoms with E-state index in [4.69, 9.17) is 0 Å². The number of thiazole rings is 1. The molecule has 2 N–H and O–H groups in total. The van der Waals surface area contributed by atoms with E-state index in [0.29, 0.717) is 19.5 Å². The fourth-order valence-electron chi connectivity index (χ4n) is 3.79. The normalized spacial score (nSPS) is 24.6. The topological polar surface area (TPSA) is 74.3 Å². The first kappa shape index (κ1) is 19.0. The molecule has 2 fully saturated rings. The molecule has 0 spiro atoms. The summed E-state index contributed by atoms with van der Waals surface area (Å²) in [5.41, 5.74) is 1.70. The Hall–Kier alpha value is -2.32. The molecule has 1 aromatic heterocycles. The summed E-state index contributed by atoms with van der Waals surface area (Å²) in [5, 5.41) is 9.16. The predicted octanol–water partition coefficient (Wildman–Crippen LogP) is 2.16. The summed E-state index contributed by atoms with van der Waals surface area (Å²) in [6.45, 7) is 4.99. The van der Waals surface area contributed by atoms with Crippen LogP contribution in [0.15, 0.2) is 29.6 Å². The van der Waals surface area contributed by atoms with E-state index in [1.54, 1.807) is 17.0 Å². The summed E-state index contributed by atoms with van der Waals surface area (Å²) in [5.74, 6) is -0.242. The number of halogens is 1. The van der Waals surface area contributed by atoms with Crippen molar-refractivity contribution in [3.05, 3.63) is 40.5 Å². The maximum atomic E-state index is 13.1. The molecule has 0 saturated carbocycles. The van der Waals surface area contributed by atoms with Crippen LogP contribution in [-0.2, 0) is 16.1 Å². The smallest absolute Gasteiger partial charge is 0.246 e. The van der Waals surface area contributed by atoms with Crippen molar-refractivity contribution in [2.75, 3.05) is 6.54 Å². The highest BCUT2D eigenvalue weighted by Gasteiger charge is 2.46. The number of piperazine rings is 1. The summed E-state index contributed by atoms with van der Waals surface area (Å²) in [7, 11) is 0. The molecule has 2 aromatic rings. The van der Waals surface area contributed by atoms with Crippen LogP contribution in [0.1, 0.15) is 25.3 Å². The first-order chi connectivity index (χ1) is 13.4. The molecule has 8 heteroatoms. The van der Waals surface area contributed by atoms with Crippen LogP contribution < -0.4 is 10.6 Å². The van der Waals surface area contributed by atoms with Gasteiger partial charge in [0.1, 0.15) is 22.9 Å². The zero-order chi connectivity index (χ0) is 19.8. The second-order valence-corrected chi connectivity index (χ2v) is 8.63. The third-order valence-electron chi connectivity index (χ3n) is 5.35. The molecule has 1 aromatic carbocycles. The molecule has 148 valence electrons. The van der Waals surface area contributed by atoms with Crippen molar-refractivity contribution in [2.45, 2.75) is 44.9 Å². The number of nitrogens with one attached hydrogen (secondary N) is 2. The number of nitrogens with zero attached hydrogens (tertiary/aromatic N) is 2. The quantitative estimate of drug-likeness (QED) is 0.804. The third kappa shape index (κ3) is 3.66. The van der Waals surface area contributed by atoms with Crippen LogP contribution >= 0.6 is 11.3 Å². The van der Waals surface area contributed by atoms with Crippen molar-refractivity contribution < 1.29 is 14.0 Å². The van der Waals surface area contributed by atoms with E-state index in [2.05, 4.69) is 15.6 Å². The lowest BCUT2D eigenvalue weighted by Gasteiger charge is -2.36. The molecule has 3 atom stereocenters. The SMILES string of the molecule is CC(C)[C@@H]1NC(=O)[C@@H]2C[C@H](NCc3nc(-c4ccc(F)cc4)cs3)CN2C1=O. The fourth-order valence-corrected chi connectivity index (χ4v) is 4.55. The molecule has 0 aliphatic carbocycles. The summed E-state index contributed by atoms with van der Waals surface area (Å²) < 4.78 is 13.1. The van der Waals surface area contributed by atoms with Gasteiger partial charge in [-0.05, 0) is 36.6 Å². The van der Waals surface area contributed by atoms with Gasteiger partial charge in [-0.2, -0.15) is 0 Å². The molecule has 2 aliphatic rings. The summed E-state index contributed by atoms with van der Waals surface area (Å²) in [6, 6.07) is 5.52. The number of fused-ring (bicyclic) bond motifs is 1. The van der Waals surface area contributed by atoms with E-state index in [1.165, 1.54) is 23.5 Å². The van der Waals surface area contributed by atoms with E-state index in [1.807, 2.05) is 19.2 Å². The van der Waals surface area contributed by atoms with Gasteiger partial charge < -0.3 is 15.5 Å². The van der Waals surface area contributed by atoms with Crippen molar-refractivity contribution in [1.82, 2.24) is 20.5 Å². The lowest BCUT2D eigenvalue weighted by molar-refractivity contribution is -0.148. The maximum absolute atomic E-state index is 13.1. The lowest BCUT2D eigenvalue weighted by atomic mass is 9.98. The molecule has 28 heavy (non-hydrogen) atoms. The molecule has 0 unspecified atom stereocenters. The van der Waals surface area contributed by atoms with Crippen LogP contribution in [0.5, 0.6) is 0 Å². The van der Waals surface area contributed by atoms with Gasteiger partial charge in [0.15, 0.2) is 0 Å². The van der Waals surface area contributed by atoms with Crippen molar-refractivity contribution in [3.63, 3.8) is 0 Å². The Bertz CT molecular complexity index is 883. The molecular formula is C20H23FN4O2S. The Labute approximate surface area is 167 Å². The van der Waals surface area contributed by atoms with Gasteiger partial charge in [0.25, 0.3) is 0 Å². The predicted molar refractivity (Wildman–Crippen MR) is 105 cm³/mol. The monoisotopic (exact) mass is 402 g/mol. The van der Waals surface area contributed by atoms with Crippen LogP contribution in [0.2, 0.25) is 0 Å². The number of rotatable bonds is 5. The number of carbonyl (C=O) groups is 2. The third-order valence-corrected chi connectivity index (χ3v) is 6.20. The van der Waals surface area contributed by atoms with Crippen molar-refractivity contribution in [3.8, 4) is 11.3 Å². The zero-order valence-electron chi connectivity index (χ0n) is 15.8. The number of benzene rings is 1. The minimum Gasteiger partial charge on any atom is -0.342 e. The largest absolute Gasteiger partial charge is 0.342 e. The Morgan fingerprint density at radius 1 is 1.32 bits per heavy atom. The van der Waals surface area contributed by atoms with E-state index in [-0.39, 0.29) is 35.6 Å². The zero-order valence-corrected chi connectivity index (χ0v) is 16.6. The van der Waals surface area contributed by atoms with Gasteiger partial charge in [-0.25, -0.2) is 9.37 Å². The summed E-state index contributed by atoms with van der Waals surface area (Å²) in [4.78, 5) is 31.3. The molecular weight excluding hydrogens is 379 g/mol. The Morgan fingerprint density at radius 3 is 2.79 bits per heavy atom.